The van der Waals surface area contributed by atoms with Gasteiger partial charge in [-0.05, 0) is 37.8 Å². The largest absolute Gasteiger partial charge is 0.349 e. The van der Waals surface area contributed by atoms with Crippen molar-refractivity contribution in [3.63, 3.8) is 0 Å². The third-order valence-corrected chi connectivity index (χ3v) is 2.95. The number of rotatable bonds is 6. The van der Waals surface area contributed by atoms with Gasteiger partial charge in [-0.2, -0.15) is 0 Å². The third-order valence-electron chi connectivity index (χ3n) is 2.95. The zero-order valence-electron chi connectivity index (χ0n) is 11.9. The standard InChI is InChI=1S/C14H19FN2O3/c1-9(2)4-5-10(3)16-14(18)12-8-11(15)6-7-13(12)17(19)20/h6-10H,4-5H2,1-3H3,(H,16,18). The zero-order chi connectivity index (χ0) is 15.3. The number of hydrogen-bond acceptors (Lipinski definition) is 3. The Balaban J connectivity index is 2.81. The van der Waals surface area contributed by atoms with Crippen molar-refractivity contribution in [3.8, 4) is 0 Å². The molecule has 20 heavy (non-hydrogen) atoms. The molecule has 0 aromatic heterocycles. The summed E-state index contributed by atoms with van der Waals surface area (Å²) < 4.78 is 13.2. The van der Waals surface area contributed by atoms with Gasteiger partial charge in [-0.3, -0.25) is 14.9 Å². The molecule has 0 aliphatic rings. The molecule has 1 unspecified atom stereocenters. The van der Waals surface area contributed by atoms with Crippen LogP contribution in [0.5, 0.6) is 0 Å². The molecule has 1 aromatic carbocycles. The fourth-order valence-electron chi connectivity index (χ4n) is 1.81. The number of halogens is 1. The summed E-state index contributed by atoms with van der Waals surface area (Å²) in [6.45, 7) is 5.98. The Bertz CT molecular complexity index is 503. The van der Waals surface area contributed by atoms with Crippen LogP contribution in [0.3, 0.4) is 0 Å². The van der Waals surface area contributed by atoms with E-state index in [1.165, 1.54) is 0 Å². The minimum Gasteiger partial charge on any atom is -0.349 e. The number of carbonyl (C=O) groups excluding carboxylic acids is 1. The van der Waals surface area contributed by atoms with Crippen molar-refractivity contribution in [2.75, 3.05) is 0 Å². The highest BCUT2D eigenvalue weighted by molar-refractivity contribution is 5.98. The monoisotopic (exact) mass is 282 g/mol. The van der Waals surface area contributed by atoms with Gasteiger partial charge >= 0.3 is 0 Å². The Morgan fingerprint density at radius 3 is 2.55 bits per heavy atom. The van der Waals surface area contributed by atoms with Gasteiger partial charge in [-0.1, -0.05) is 13.8 Å². The first-order chi connectivity index (χ1) is 9.31. The van der Waals surface area contributed by atoms with Crippen LogP contribution in [-0.2, 0) is 0 Å². The summed E-state index contributed by atoms with van der Waals surface area (Å²) in [5.41, 5.74) is -0.633. The molecule has 1 aromatic rings. The van der Waals surface area contributed by atoms with Crippen molar-refractivity contribution < 1.29 is 14.1 Å². The molecule has 1 rings (SSSR count). The van der Waals surface area contributed by atoms with E-state index in [9.17, 15) is 19.3 Å². The van der Waals surface area contributed by atoms with Crippen molar-refractivity contribution in [3.05, 3.63) is 39.7 Å². The first-order valence-electron chi connectivity index (χ1n) is 6.56. The van der Waals surface area contributed by atoms with Gasteiger partial charge in [0, 0.05) is 12.1 Å². The third kappa shape index (κ3) is 4.60. The van der Waals surface area contributed by atoms with Gasteiger partial charge in [-0.25, -0.2) is 4.39 Å². The normalized spacial score (nSPS) is 12.2. The number of hydrogen-bond donors (Lipinski definition) is 1. The molecule has 6 heteroatoms. The maximum Gasteiger partial charge on any atom is 0.282 e. The molecule has 0 bridgehead atoms. The van der Waals surface area contributed by atoms with Gasteiger partial charge in [0.1, 0.15) is 11.4 Å². The molecule has 0 radical (unpaired) electrons. The Hall–Kier alpha value is -1.98. The van der Waals surface area contributed by atoms with Gasteiger partial charge < -0.3 is 5.32 Å². The molecule has 0 spiro atoms. The summed E-state index contributed by atoms with van der Waals surface area (Å²) in [4.78, 5) is 22.1. The lowest BCUT2D eigenvalue weighted by Crippen LogP contribution is -2.33. The highest BCUT2D eigenvalue weighted by Gasteiger charge is 2.21. The molecule has 0 saturated heterocycles. The highest BCUT2D eigenvalue weighted by atomic mass is 19.1. The fourth-order valence-corrected chi connectivity index (χ4v) is 1.81. The maximum absolute atomic E-state index is 13.2. The van der Waals surface area contributed by atoms with Crippen LogP contribution in [0, 0.1) is 21.8 Å². The summed E-state index contributed by atoms with van der Waals surface area (Å²) in [5, 5.41) is 13.5. The molecule has 0 aliphatic heterocycles. The van der Waals surface area contributed by atoms with E-state index >= 15 is 0 Å². The molecule has 110 valence electrons. The van der Waals surface area contributed by atoms with Gasteiger partial charge in [-0.15, -0.1) is 0 Å². The quantitative estimate of drug-likeness (QED) is 0.642. The zero-order valence-corrected chi connectivity index (χ0v) is 11.9. The van der Waals surface area contributed by atoms with Crippen molar-refractivity contribution in [1.82, 2.24) is 5.32 Å². The van der Waals surface area contributed by atoms with Crippen LogP contribution in [0.25, 0.3) is 0 Å². The Kier molecular flexibility index (Phi) is 5.61. The van der Waals surface area contributed by atoms with Crippen LogP contribution < -0.4 is 5.32 Å². The average Bonchev–Trinajstić information content (AvgIpc) is 2.35. The molecular formula is C14H19FN2O3. The van der Waals surface area contributed by atoms with Gasteiger partial charge in [0.25, 0.3) is 11.6 Å². The molecule has 1 atom stereocenters. The second kappa shape index (κ2) is 6.98. The van der Waals surface area contributed by atoms with Crippen LogP contribution in [0.15, 0.2) is 18.2 Å². The molecule has 0 aliphatic carbocycles. The number of carbonyl (C=O) groups is 1. The number of nitrogens with one attached hydrogen (secondary N) is 1. The molecule has 0 fully saturated rings. The Labute approximate surface area is 117 Å². The van der Waals surface area contributed by atoms with Crippen molar-refractivity contribution in [1.29, 1.82) is 0 Å². The second-order valence-electron chi connectivity index (χ2n) is 5.26. The molecule has 1 amide bonds. The second-order valence-corrected chi connectivity index (χ2v) is 5.26. The number of benzene rings is 1. The van der Waals surface area contributed by atoms with Gasteiger partial charge in [0.05, 0.1) is 4.92 Å². The maximum atomic E-state index is 13.2. The summed E-state index contributed by atoms with van der Waals surface area (Å²) in [6, 6.07) is 2.75. The predicted molar refractivity (Wildman–Crippen MR) is 74.1 cm³/mol. The van der Waals surface area contributed by atoms with Gasteiger partial charge in [0.15, 0.2) is 0 Å². The number of amides is 1. The van der Waals surface area contributed by atoms with Crippen LogP contribution in [0.1, 0.15) is 44.0 Å². The lowest BCUT2D eigenvalue weighted by molar-refractivity contribution is -0.385. The lowest BCUT2D eigenvalue weighted by atomic mass is 10.0. The van der Waals surface area contributed by atoms with E-state index < -0.39 is 16.6 Å². The Morgan fingerprint density at radius 1 is 1.35 bits per heavy atom. The molecular weight excluding hydrogens is 263 g/mol. The molecule has 1 N–H and O–H groups in total. The minimum absolute atomic E-state index is 0.118. The van der Waals surface area contributed by atoms with Crippen molar-refractivity contribution in [2.45, 2.75) is 39.7 Å². The summed E-state index contributed by atoms with van der Waals surface area (Å²) in [6.07, 6.45) is 1.71. The van der Waals surface area contributed by atoms with E-state index in [2.05, 4.69) is 19.2 Å². The summed E-state index contributed by atoms with van der Waals surface area (Å²) in [5.74, 6) is -0.777. The Morgan fingerprint density at radius 2 is 2.00 bits per heavy atom. The molecule has 0 saturated carbocycles. The highest BCUT2D eigenvalue weighted by Crippen LogP contribution is 2.19. The lowest BCUT2D eigenvalue weighted by Gasteiger charge is -2.15. The first-order valence-corrected chi connectivity index (χ1v) is 6.56. The van der Waals surface area contributed by atoms with E-state index in [0.29, 0.717) is 5.92 Å². The van der Waals surface area contributed by atoms with Crippen LogP contribution >= 0.6 is 0 Å². The predicted octanol–water partition coefficient (Wildman–Crippen LogP) is 3.29. The van der Waals surface area contributed by atoms with E-state index in [1.807, 2.05) is 6.92 Å². The number of nitrogens with zero attached hydrogens (tertiary/aromatic N) is 1. The van der Waals surface area contributed by atoms with Gasteiger partial charge in [0.2, 0.25) is 0 Å². The average molecular weight is 282 g/mol. The van der Waals surface area contributed by atoms with E-state index in [1.54, 1.807) is 0 Å². The SMILES string of the molecule is CC(C)CCC(C)NC(=O)c1cc(F)ccc1[N+](=O)[O-]. The molecule has 5 nitrogen and oxygen atoms in total. The van der Waals surface area contributed by atoms with E-state index in [4.69, 9.17) is 0 Å². The topological polar surface area (TPSA) is 72.2 Å². The van der Waals surface area contributed by atoms with E-state index in [0.717, 1.165) is 31.0 Å². The van der Waals surface area contributed by atoms with Crippen LogP contribution in [0.2, 0.25) is 0 Å². The molecule has 0 heterocycles. The fraction of sp³-hybridized carbons (Fsp3) is 0.500. The van der Waals surface area contributed by atoms with Crippen molar-refractivity contribution in [2.24, 2.45) is 5.92 Å². The van der Waals surface area contributed by atoms with E-state index in [-0.39, 0.29) is 17.3 Å². The smallest absolute Gasteiger partial charge is 0.282 e. The number of nitro groups is 1. The number of nitro benzene ring substituents is 1. The summed E-state index contributed by atoms with van der Waals surface area (Å²) >= 11 is 0. The van der Waals surface area contributed by atoms with Crippen molar-refractivity contribution >= 4 is 11.6 Å². The minimum atomic E-state index is -0.687. The van der Waals surface area contributed by atoms with Crippen LogP contribution in [-0.4, -0.2) is 16.9 Å². The first kappa shape index (κ1) is 16.1. The van der Waals surface area contributed by atoms with Crippen LogP contribution in [0.4, 0.5) is 10.1 Å². The summed E-state index contributed by atoms with van der Waals surface area (Å²) in [7, 11) is 0.